The number of thioether (sulfide) groups is 1. The van der Waals surface area contributed by atoms with Gasteiger partial charge in [-0.25, -0.2) is 0 Å². The highest BCUT2D eigenvalue weighted by Crippen LogP contribution is 2.40. The van der Waals surface area contributed by atoms with Gasteiger partial charge in [-0.1, -0.05) is 44.5 Å². The van der Waals surface area contributed by atoms with E-state index in [1.807, 2.05) is 31.4 Å². The zero-order valence-electron chi connectivity index (χ0n) is 16.8. The Morgan fingerprint density at radius 3 is 2.48 bits per heavy atom. The van der Waals surface area contributed by atoms with Crippen molar-refractivity contribution in [3.05, 3.63) is 57.6 Å². The summed E-state index contributed by atoms with van der Waals surface area (Å²) in [7, 11) is 0. The van der Waals surface area contributed by atoms with Crippen LogP contribution in [0.5, 0.6) is 5.75 Å². The summed E-state index contributed by atoms with van der Waals surface area (Å²) in [6.45, 7) is 5.26. The first kappa shape index (κ1) is 23.6. The SMILES string of the molecule is CCC(=O)C(C)c1cccc(SC)c1COc1cc(Cl)c(CC)cc1C(F)(F)F. The second-order valence-corrected chi connectivity index (χ2v) is 7.90. The minimum Gasteiger partial charge on any atom is -0.488 e. The molecule has 2 rings (SSSR count). The molecule has 29 heavy (non-hydrogen) atoms. The fourth-order valence-electron chi connectivity index (χ4n) is 3.18. The van der Waals surface area contributed by atoms with Gasteiger partial charge >= 0.3 is 6.18 Å². The number of rotatable bonds is 8. The highest BCUT2D eigenvalue weighted by Gasteiger charge is 2.35. The molecule has 0 aliphatic carbocycles. The molecule has 0 spiro atoms. The fourth-order valence-corrected chi connectivity index (χ4v) is 4.10. The van der Waals surface area contributed by atoms with E-state index in [0.717, 1.165) is 22.1 Å². The molecule has 0 heterocycles. The van der Waals surface area contributed by atoms with E-state index in [1.165, 1.54) is 17.8 Å². The molecule has 0 aliphatic rings. The van der Waals surface area contributed by atoms with Crippen LogP contribution in [0.25, 0.3) is 0 Å². The van der Waals surface area contributed by atoms with E-state index in [-0.39, 0.29) is 29.1 Å². The number of ketones is 1. The average molecular weight is 445 g/mol. The maximum Gasteiger partial charge on any atom is 0.419 e. The number of alkyl halides is 3. The molecule has 0 saturated carbocycles. The molecule has 2 aromatic rings. The minimum absolute atomic E-state index is 0.0656. The summed E-state index contributed by atoms with van der Waals surface area (Å²) in [4.78, 5) is 13.1. The number of carbonyl (C=O) groups excluding carboxylic acids is 1. The van der Waals surface area contributed by atoms with Crippen molar-refractivity contribution in [2.24, 2.45) is 0 Å². The maximum atomic E-state index is 13.6. The molecule has 0 N–H and O–H groups in total. The zero-order chi connectivity index (χ0) is 21.8. The van der Waals surface area contributed by atoms with E-state index < -0.39 is 11.7 Å². The van der Waals surface area contributed by atoms with Gasteiger partial charge in [0.1, 0.15) is 18.1 Å². The molecule has 0 saturated heterocycles. The van der Waals surface area contributed by atoms with Gasteiger partial charge in [-0.15, -0.1) is 11.8 Å². The number of ether oxygens (including phenoxy) is 1. The Hall–Kier alpha value is -1.66. The van der Waals surface area contributed by atoms with Crippen molar-refractivity contribution in [1.82, 2.24) is 0 Å². The smallest absolute Gasteiger partial charge is 0.419 e. The summed E-state index contributed by atoms with van der Waals surface area (Å²) in [5.41, 5.74) is 1.06. The minimum atomic E-state index is -4.56. The molecule has 2 nitrogen and oxygen atoms in total. The molecule has 158 valence electrons. The van der Waals surface area contributed by atoms with Crippen LogP contribution in [0.15, 0.2) is 35.2 Å². The number of Topliss-reactive ketones (excluding diaryl/α,β-unsaturated/α-hetero) is 1. The second-order valence-electron chi connectivity index (χ2n) is 6.65. The van der Waals surface area contributed by atoms with Crippen LogP contribution < -0.4 is 4.74 Å². The number of hydrogen-bond acceptors (Lipinski definition) is 3. The van der Waals surface area contributed by atoms with E-state index in [9.17, 15) is 18.0 Å². The largest absolute Gasteiger partial charge is 0.488 e. The number of halogens is 4. The maximum absolute atomic E-state index is 13.6. The van der Waals surface area contributed by atoms with Crippen LogP contribution >= 0.6 is 23.4 Å². The van der Waals surface area contributed by atoms with Crippen molar-refractivity contribution >= 4 is 29.1 Å². The van der Waals surface area contributed by atoms with Crippen molar-refractivity contribution in [1.29, 1.82) is 0 Å². The Balaban J connectivity index is 2.46. The predicted octanol–water partition coefficient (Wildman–Crippen LogP) is 7.30. The van der Waals surface area contributed by atoms with Gasteiger partial charge in [0.15, 0.2) is 0 Å². The van der Waals surface area contributed by atoms with E-state index in [0.29, 0.717) is 18.4 Å². The van der Waals surface area contributed by atoms with Crippen LogP contribution in [-0.4, -0.2) is 12.0 Å². The summed E-state index contributed by atoms with van der Waals surface area (Å²) in [6.07, 6.45) is -1.91. The van der Waals surface area contributed by atoms with Gasteiger partial charge in [-0.05, 0) is 42.0 Å². The topological polar surface area (TPSA) is 26.3 Å². The Kier molecular flexibility index (Phi) is 8.06. The van der Waals surface area contributed by atoms with E-state index in [4.69, 9.17) is 16.3 Å². The lowest BCUT2D eigenvalue weighted by atomic mass is 9.91. The molecule has 1 unspecified atom stereocenters. The Labute approximate surface area is 178 Å². The highest BCUT2D eigenvalue weighted by atomic mass is 35.5. The van der Waals surface area contributed by atoms with Crippen LogP contribution in [0, 0.1) is 0 Å². The van der Waals surface area contributed by atoms with E-state index in [1.54, 1.807) is 13.8 Å². The molecule has 1 atom stereocenters. The van der Waals surface area contributed by atoms with Gasteiger partial charge in [0, 0.05) is 27.8 Å². The third kappa shape index (κ3) is 5.48. The third-order valence-electron chi connectivity index (χ3n) is 4.89. The van der Waals surface area contributed by atoms with Crippen LogP contribution in [0.1, 0.15) is 55.4 Å². The van der Waals surface area contributed by atoms with Crippen molar-refractivity contribution in [2.75, 3.05) is 6.26 Å². The Bertz CT molecular complexity index is 881. The number of aryl methyl sites for hydroxylation is 1. The molecule has 0 bridgehead atoms. The lowest BCUT2D eigenvalue weighted by molar-refractivity contribution is -0.139. The lowest BCUT2D eigenvalue weighted by Gasteiger charge is -2.20. The Morgan fingerprint density at radius 2 is 1.93 bits per heavy atom. The first-order valence-corrected chi connectivity index (χ1v) is 10.9. The highest BCUT2D eigenvalue weighted by molar-refractivity contribution is 7.98. The molecular weight excluding hydrogens is 421 g/mol. The van der Waals surface area contributed by atoms with Crippen LogP contribution in [0.2, 0.25) is 5.02 Å². The first-order valence-electron chi connectivity index (χ1n) is 9.34. The van der Waals surface area contributed by atoms with Gasteiger partial charge in [0.25, 0.3) is 0 Å². The number of benzene rings is 2. The van der Waals surface area contributed by atoms with Crippen molar-refractivity contribution in [2.45, 2.75) is 57.2 Å². The summed E-state index contributed by atoms with van der Waals surface area (Å²) >= 11 is 7.60. The normalized spacial score (nSPS) is 12.7. The molecule has 0 radical (unpaired) electrons. The number of hydrogen-bond donors (Lipinski definition) is 0. The van der Waals surface area contributed by atoms with Crippen molar-refractivity contribution < 1.29 is 22.7 Å². The standard InChI is InChI=1S/C22H24ClF3O2S/c1-5-14-10-17(22(24,25)26)20(11-18(14)23)28-12-16-15(13(3)19(27)6-2)8-7-9-21(16)29-4/h7-11,13H,5-6,12H2,1-4H3. The quantitative estimate of drug-likeness (QED) is 0.399. The molecule has 0 amide bonds. The molecule has 2 aromatic carbocycles. The average Bonchev–Trinajstić information content (AvgIpc) is 2.69. The van der Waals surface area contributed by atoms with Gasteiger partial charge in [-0.3, -0.25) is 4.79 Å². The first-order chi connectivity index (χ1) is 13.6. The van der Waals surface area contributed by atoms with Crippen LogP contribution in [0.3, 0.4) is 0 Å². The third-order valence-corrected chi connectivity index (χ3v) is 6.07. The summed E-state index contributed by atoms with van der Waals surface area (Å²) in [5.74, 6) is -0.606. The fraction of sp³-hybridized carbons (Fsp3) is 0.409. The van der Waals surface area contributed by atoms with Crippen LogP contribution in [-0.2, 0) is 24.0 Å². The van der Waals surface area contributed by atoms with Crippen molar-refractivity contribution in [3.8, 4) is 5.75 Å². The van der Waals surface area contributed by atoms with Crippen LogP contribution in [0.4, 0.5) is 13.2 Å². The summed E-state index contributed by atoms with van der Waals surface area (Å²) in [5, 5.41) is 0.239. The predicted molar refractivity (Wildman–Crippen MR) is 112 cm³/mol. The molecule has 0 fully saturated rings. The van der Waals surface area contributed by atoms with E-state index >= 15 is 0 Å². The monoisotopic (exact) mass is 444 g/mol. The molecule has 0 aliphatic heterocycles. The molecule has 0 aromatic heterocycles. The Morgan fingerprint density at radius 1 is 1.24 bits per heavy atom. The summed E-state index contributed by atoms with van der Waals surface area (Å²) in [6, 6.07) is 7.81. The van der Waals surface area contributed by atoms with Gasteiger partial charge in [0.2, 0.25) is 0 Å². The van der Waals surface area contributed by atoms with Gasteiger partial charge < -0.3 is 4.74 Å². The summed E-state index contributed by atoms with van der Waals surface area (Å²) < 4.78 is 46.3. The zero-order valence-corrected chi connectivity index (χ0v) is 18.4. The second kappa shape index (κ2) is 9.90. The van der Waals surface area contributed by atoms with Gasteiger partial charge in [0.05, 0.1) is 5.56 Å². The van der Waals surface area contributed by atoms with Gasteiger partial charge in [-0.2, -0.15) is 13.2 Å². The number of carbonyl (C=O) groups is 1. The molecular formula is C22H24ClF3O2S. The molecule has 7 heteroatoms. The lowest BCUT2D eigenvalue weighted by Crippen LogP contribution is -2.14. The van der Waals surface area contributed by atoms with E-state index in [2.05, 4.69) is 0 Å². The van der Waals surface area contributed by atoms with Crippen molar-refractivity contribution in [3.63, 3.8) is 0 Å².